The van der Waals surface area contributed by atoms with E-state index in [0.717, 1.165) is 5.69 Å². The maximum atomic E-state index is 13.1. The molecule has 0 bridgehead atoms. The van der Waals surface area contributed by atoms with Crippen LogP contribution in [-0.4, -0.2) is 82.6 Å². The number of hydrogen-bond acceptors (Lipinski definition) is 6. The molecule has 8 nitrogen and oxygen atoms in total. The zero-order valence-corrected chi connectivity index (χ0v) is 20.3. The van der Waals surface area contributed by atoms with Crippen molar-refractivity contribution in [1.82, 2.24) is 9.21 Å². The first-order chi connectivity index (χ1) is 15.8. The molecule has 0 atom stereocenters. The van der Waals surface area contributed by atoms with E-state index in [-0.39, 0.29) is 41.3 Å². The van der Waals surface area contributed by atoms with Crippen LogP contribution in [0.3, 0.4) is 0 Å². The van der Waals surface area contributed by atoms with Crippen LogP contribution in [0.4, 0.5) is 5.69 Å². The third-order valence-electron chi connectivity index (χ3n) is 5.65. The van der Waals surface area contributed by atoms with E-state index in [0.29, 0.717) is 44.4 Å². The molecule has 2 aliphatic rings. The Bertz CT molecular complexity index is 1100. The van der Waals surface area contributed by atoms with Crippen molar-refractivity contribution in [2.45, 2.75) is 4.90 Å². The smallest absolute Gasteiger partial charge is 0.260 e. The van der Waals surface area contributed by atoms with E-state index < -0.39 is 10.0 Å². The van der Waals surface area contributed by atoms with Gasteiger partial charge < -0.3 is 19.3 Å². The number of anilines is 1. The minimum Gasteiger partial charge on any atom is -0.482 e. The van der Waals surface area contributed by atoms with Crippen molar-refractivity contribution in [3.05, 3.63) is 52.5 Å². The maximum Gasteiger partial charge on any atom is 0.260 e. The Hall–Kier alpha value is -2.04. The normalized spacial score (nSPS) is 17.8. The monoisotopic (exact) mass is 513 g/mol. The first-order valence-corrected chi connectivity index (χ1v) is 12.8. The van der Waals surface area contributed by atoms with Gasteiger partial charge in [0.05, 0.1) is 13.2 Å². The highest BCUT2D eigenvalue weighted by Gasteiger charge is 2.30. The Kier molecular flexibility index (Phi) is 7.65. The molecule has 0 aromatic heterocycles. The first-order valence-electron chi connectivity index (χ1n) is 10.6. The number of carbonyl (C=O) groups excluding carboxylic acids is 1. The molecule has 4 rings (SSSR count). The van der Waals surface area contributed by atoms with Crippen LogP contribution >= 0.6 is 23.2 Å². The summed E-state index contributed by atoms with van der Waals surface area (Å²) in [5, 5.41) is 0.947. The standard InChI is InChI=1S/C22H25Cl2N3O5S/c23-17-2-1-3-19(14-17)25-6-8-26(9-7-25)22(28)16-32-20-5-4-18(24)15-21(20)33(29,30)27-10-12-31-13-11-27/h1-5,14-15H,6-13,16H2. The second kappa shape index (κ2) is 10.5. The fourth-order valence-corrected chi connectivity index (χ4v) is 5.83. The molecular formula is C22H25Cl2N3O5S. The Morgan fingerprint density at radius 1 is 0.939 bits per heavy atom. The highest BCUT2D eigenvalue weighted by atomic mass is 35.5. The molecule has 2 aliphatic heterocycles. The molecule has 0 unspecified atom stereocenters. The zero-order valence-electron chi connectivity index (χ0n) is 18.0. The van der Waals surface area contributed by atoms with Gasteiger partial charge in [-0.05, 0) is 36.4 Å². The molecule has 2 aromatic rings. The Morgan fingerprint density at radius 3 is 2.33 bits per heavy atom. The molecule has 0 radical (unpaired) electrons. The SMILES string of the molecule is O=C(COc1ccc(Cl)cc1S(=O)(=O)N1CCOCC1)N1CCN(c2cccc(Cl)c2)CC1. The van der Waals surface area contributed by atoms with Gasteiger partial charge in [-0.2, -0.15) is 4.31 Å². The average molecular weight is 514 g/mol. The number of amides is 1. The average Bonchev–Trinajstić information content (AvgIpc) is 2.83. The number of ether oxygens (including phenoxy) is 2. The second-order valence-electron chi connectivity index (χ2n) is 7.74. The van der Waals surface area contributed by atoms with Crippen LogP contribution in [0.25, 0.3) is 0 Å². The van der Waals surface area contributed by atoms with Crippen LogP contribution in [0.2, 0.25) is 10.0 Å². The largest absolute Gasteiger partial charge is 0.482 e. The maximum absolute atomic E-state index is 13.1. The summed E-state index contributed by atoms with van der Waals surface area (Å²) in [7, 11) is -3.83. The summed E-state index contributed by atoms with van der Waals surface area (Å²) in [6, 6.07) is 12.0. The molecule has 0 N–H and O–H groups in total. The number of hydrogen-bond donors (Lipinski definition) is 0. The molecule has 2 saturated heterocycles. The second-order valence-corrected chi connectivity index (χ2v) is 10.5. The number of morpholine rings is 1. The van der Waals surface area contributed by atoms with Crippen LogP contribution in [0.15, 0.2) is 47.4 Å². The summed E-state index contributed by atoms with van der Waals surface area (Å²) >= 11 is 12.1. The van der Waals surface area contributed by atoms with Gasteiger partial charge in [0.25, 0.3) is 5.91 Å². The van der Waals surface area contributed by atoms with Crippen molar-refractivity contribution in [2.75, 3.05) is 64.0 Å². The summed E-state index contributed by atoms with van der Waals surface area (Å²) in [5.74, 6) is -0.0952. The predicted molar refractivity (Wildman–Crippen MR) is 127 cm³/mol. The first kappa shape index (κ1) is 24.1. The van der Waals surface area contributed by atoms with Crippen LogP contribution in [-0.2, 0) is 19.6 Å². The Labute approximate surface area is 203 Å². The van der Waals surface area contributed by atoms with Gasteiger partial charge in [0.1, 0.15) is 10.6 Å². The minimum absolute atomic E-state index is 0.0459. The van der Waals surface area contributed by atoms with E-state index in [2.05, 4.69) is 4.90 Å². The summed E-state index contributed by atoms with van der Waals surface area (Å²) in [5.41, 5.74) is 1.02. The highest BCUT2D eigenvalue weighted by molar-refractivity contribution is 7.89. The van der Waals surface area contributed by atoms with Crippen LogP contribution in [0.1, 0.15) is 0 Å². The van der Waals surface area contributed by atoms with Crippen molar-refractivity contribution in [2.24, 2.45) is 0 Å². The minimum atomic E-state index is -3.83. The molecule has 2 fully saturated rings. The van der Waals surface area contributed by atoms with Gasteiger partial charge in [0.15, 0.2) is 6.61 Å². The molecule has 2 aromatic carbocycles. The van der Waals surface area contributed by atoms with Crippen LogP contribution < -0.4 is 9.64 Å². The van der Waals surface area contributed by atoms with Crippen molar-refractivity contribution in [3.63, 3.8) is 0 Å². The van der Waals surface area contributed by atoms with E-state index in [9.17, 15) is 13.2 Å². The lowest BCUT2D eigenvalue weighted by Gasteiger charge is -2.36. The number of carbonyl (C=O) groups is 1. The van der Waals surface area contributed by atoms with E-state index in [1.165, 1.54) is 16.4 Å². The van der Waals surface area contributed by atoms with E-state index in [1.54, 1.807) is 11.0 Å². The van der Waals surface area contributed by atoms with Crippen molar-refractivity contribution < 1.29 is 22.7 Å². The highest BCUT2D eigenvalue weighted by Crippen LogP contribution is 2.30. The fourth-order valence-electron chi connectivity index (χ4n) is 3.85. The van der Waals surface area contributed by atoms with E-state index in [4.69, 9.17) is 32.7 Å². The molecule has 0 saturated carbocycles. The molecule has 33 heavy (non-hydrogen) atoms. The predicted octanol–water partition coefficient (Wildman–Crippen LogP) is 2.74. The van der Waals surface area contributed by atoms with E-state index >= 15 is 0 Å². The Balaban J connectivity index is 1.39. The number of nitrogens with zero attached hydrogens (tertiary/aromatic N) is 3. The molecule has 11 heteroatoms. The molecular weight excluding hydrogens is 489 g/mol. The number of sulfonamides is 1. The quantitative estimate of drug-likeness (QED) is 0.590. The van der Waals surface area contributed by atoms with Crippen molar-refractivity contribution in [3.8, 4) is 5.75 Å². The van der Waals surface area contributed by atoms with Crippen molar-refractivity contribution in [1.29, 1.82) is 0 Å². The third kappa shape index (κ3) is 5.73. The third-order valence-corrected chi connectivity index (χ3v) is 8.04. The lowest BCUT2D eigenvalue weighted by Crippen LogP contribution is -2.50. The molecule has 178 valence electrons. The lowest BCUT2D eigenvalue weighted by atomic mass is 10.2. The number of benzene rings is 2. The number of halogens is 2. The number of piperazine rings is 1. The molecule has 1 amide bonds. The van der Waals surface area contributed by atoms with Gasteiger partial charge >= 0.3 is 0 Å². The fraction of sp³-hybridized carbons (Fsp3) is 0.409. The van der Waals surface area contributed by atoms with E-state index in [1.807, 2.05) is 24.3 Å². The van der Waals surface area contributed by atoms with Gasteiger partial charge in [-0.15, -0.1) is 0 Å². The summed E-state index contributed by atoms with van der Waals surface area (Å²) in [6.45, 7) is 3.32. The summed E-state index contributed by atoms with van der Waals surface area (Å²) in [4.78, 5) is 16.6. The van der Waals surface area contributed by atoms with Crippen molar-refractivity contribution >= 4 is 44.8 Å². The molecule has 0 spiro atoms. The number of rotatable bonds is 6. The van der Waals surface area contributed by atoms with Crippen LogP contribution in [0.5, 0.6) is 5.75 Å². The zero-order chi connectivity index (χ0) is 23.4. The molecule has 2 heterocycles. The van der Waals surface area contributed by atoms with Gasteiger partial charge in [-0.3, -0.25) is 4.79 Å². The lowest BCUT2D eigenvalue weighted by molar-refractivity contribution is -0.133. The van der Waals surface area contributed by atoms with Gasteiger partial charge in [0.2, 0.25) is 10.0 Å². The topological polar surface area (TPSA) is 79.4 Å². The van der Waals surface area contributed by atoms with Gasteiger partial charge in [-0.1, -0.05) is 29.3 Å². The molecule has 0 aliphatic carbocycles. The summed E-state index contributed by atoms with van der Waals surface area (Å²) in [6.07, 6.45) is 0. The Morgan fingerprint density at radius 2 is 1.64 bits per heavy atom. The summed E-state index contributed by atoms with van der Waals surface area (Å²) < 4.78 is 38.5. The van der Waals surface area contributed by atoms with Gasteiger partial charge in [-0.25, -0.2) is 8.42 Å². The van der Waals surface area contributed by atoms with Gasteiger partial charge in [0, 0.05) is 55.0 Å². The van der Waals surface area contributed by atoms with Crippen LogP contribution in [0, 0.1) is 0 Å².